The fourth-order valence-electron chi connectivity index (χ4n) is 1.59. The van der Waals surface area contributed by atoms with Gasteiger partial charge in [-0.3, -0.25) is 9.48 Å². The Balaban J connectivity index is 2.24. The van der Waals surface area contributed by atoms with E-state index >= 15 is 0 Å². The third kappa shape index (κ3) is 2.69. The molecule has 6 heteroatoms. The van der Waals surface area contributed by atoms with E-state index in [0.29, 0.717) is 14.8 Å². The van der Waals surface area contributed by atoms with Crippen molar-refractivity contribution in [2.45, 2.75) is 6.92 Å². The van der Waals surface area contributed by atoms with Gasteiger partial charge in [0.25, 0.3) is 5.91 Å². The highest BCUT2D eigenvalue weighted by molar-refractivity contribution is 14.1. The Kier molecular flexibility index (Phi) is 3.65. The second-order valence-corrected chi connectivity index (χ2v) is 5.04. The number of rotatable bonds is 2. The molecular weight excluding hydrogens is 348 g/mol. The molecule has 1 N–H and O–H groups in total. The predicted octanol–water partition coefficient (Wildman–Crippen LogP) is 2.72. The molecule has 4 nitrogen and oxygen atoms in total. The fraction of sp³-hybridized carbons (Fsp3) is 0.167. The van der Waals surface area contributed by atoms with Crippen molar-refractivity contribution in [3.63, 3.8) is 0 Å². The van der Waals surface area contributed by atoms with Crippen LogP contribution < -0.4 is 5.32 Å². The van der Waals surface area contributed by atoms with Crippen LogP contribution >= 0.6 is 22.6 Å². The lowest BCUT2D eigenvalue weighted by atomic mass is 10.2. The third-order valence-electron chi connectivity index (χ3n) is 2.44. The molecule has 0 aliphatic carbocycles. The maximum absolute atomic E-state index is 13.0. The van der Waals surface area contributed by atoms with Crippen LogP contribution in [0.25, 0.3) is 0 Å². The summed E-state index contributed by atoms with van der Waals surface area (Å²) in [6.45, 7) is 1.81. The molecule has 1 heterocycles. The third-order valence-corrected chi connectivity index (χ3v) is 3.33. The number of aryl methyl sites for hydroxylation is 2. The molecule has 0 bridgehead atoms. The maximum atomic E-state index is 13.0. The first-order valence-electron chi connectivity index (χ1n) is 5.24. The topological polar surface area (TPSA) is 46.9 Å². The lowest BCUT2D eigenvalue weighted by Gasteiger charge is -2.05. The van der Waals surface area contributed by atoms with Gasteiger partial charge in [0, 0.05) is 16.8 Å². The molecule has 1 aromatic heterocycles. The molecule has 1 amide bonds. The van der Waals surface area contributed by atoms with Crippen molar-refractivity contribution in [3.8, 4) is 0 Å². The molecule has 0 atom stereocenters. The van der Waals surface area contributed by atoms with Crippen LogP contribution in [0.2, 0.25) is 0 Å². The van der Waals surface area contributed by atoms with E-state index in [-0.39, 0.29) is 11.7 Å². The van der Waals surface area contributed by atoms with Crippen LogP contribution in [-0.2, 0) is 7.05 Å². The summed E-state index contributed by atoms with van der Waals surface area (Å²) in [7, 11) is 1.78. The Bertz CT molecular complexity index is 609. The summed E-state index contributed by atoms with van der Waals surface area (Å²) < 4.78 is 15.2. The van der Waals surface area contributed by atoms with Gasteiger partial charge in [0.1, 0.15) is 5.82 Å². The van der Waals surface area contributed by atoms with E-state index in [0.717, 1.165) is 5.69 Å². The highest BCUT2D eigenvalue weighted by Gasteiger charge is 2.13. The minimum atomic E-state index is -0.353. The van der Waals surface area contributed by atoms with Gasteiger partial charge in [0.05, 0.1) is 16.9 Å². The summed E-state index contributed by atoms with van der Waals surface area (Å²) >= 11 is 1.94. The Morgan fingerprint density at radius 3 is 2.78 bits per heavy atom. The number of carbonyl (C=O) groups is 1. The summed E-state index contributed by atoms with van der Waals surface area (Å²) in [5.41, 5.74) is 1.84. The van der Waals surface area contributed by atoms with Crippen molar-refractivity contribution in [2.24, 2.45) is 7.05 Å². The van der Waals surface area contributed by atoms with Gasteiger partial charge in [0.15, 0.2) is 0 Å². The quantitative estimate of drug-likeness (QED) is 0.839. The van der Waals surface area contributed by atoms with Crippen LogP contribution in [-0.4, -0.2) is 15.7 Å². The first-order valence-corrected chi connectivity index (χ1v) is 6.32. The van der Waals surface area contributed by atoms with Gasteiger partial charge in [-0.25, -0.2) is 4.39 Å². The lowest BCUT2D eigenvalue weighted by molar-refractivity contribution is 0.102. The number of amides is 1. The molecule has 94 valence electrons. The van der Waals surface area contributed by atoms with Gasteiger partial charge in [0.2, 0.25) is 0 Å². The maximum Gasteiger partial charge on any atom is 0.256 e. The Morgan fingerprint density at radius 2 is 2.22 bits per heavy atom. The summed E-state index contributed by atoms with van der Waals surface area (Å²) in [6.07, 6.45) is 1.73. The average Bonchev–Trinajstić information content (AvgIpc) is 2.57. The second kappa shape index (κ2) is 5.05. The number of aromatic nitrogens is 2. The monoisotopic (exact) mass is 359 g/mol. The van der Waals surface area contributed by atoms with Gasteiger partial charge in [-0.1, -0.05) is 0 Å². The van der Waals surface area contributed by atoms with E-state index in [1.54, 1.807) is 17.9 Å². The summed E-state index contributed by atoms with van der Waals surface area (Å²) in [6, 6.07) is 4.07. The van der Waals surface area contributed by atoms with E-state index in [9.17, 15) is 9.18 Å². The second-order valence-electron chi connectivity index (χ2n) is 3.88. The van der Waals surface area contributed by atoms with Crippen molar-refractivity contribution >= 4 is 34.2 Å². The average molecular weight is 359 g/mol. The number of hydrogen-bond acceptors (Lipinski definition) is 2. The summed E-state index contributed by atoms with van der Waals surface area (Å²) in [4.78, 5) is 12.0. The largest absolute Gasteiger partial charge is 0.319 e. The van der Waals surface area contributed by atoms with Gasteiger partial charge >= 0.3 is 0 Å². The van der Waals surface area contributed by atoms with Crippen LogP contribution in [0.15, 0.2) is 24.4 Å². The zero-order valence-corrected chi connectivity index (χ0v) is 12.0. The first-order chi connectivity index (χ1) is 8.47. The van der Waals surface area contributed by atoms with Crippen LogP contribution in [0.4, 0.5) is 10.1 Å². The minimum absolute atomic E-state index is 0.268. The molecule has 0 aliphatic heterocycles. The predicted molar refractivity (Wildman–Crippen MR) is 75.0 cm³/mol. The van der Waals surface area contributed by atoms with Crippen molar-refractivity contribution in [1.29, 1.82) is 0 Å². The van der Waals surface area contributed by atoms with Crippen LogP contribution in [0.3, 0.4) is 0 Å². The van der Waals surface area contributed by atoms with Crippen LogP contribution in [0, 0.1) is 16.3 Å². The first kappa shape index (κ1) is 13.0. The van der Waals surface area contributed by atoms with Crippen LogP contribution in [0.5, 0.6) is 0 Å². The molecule has 0 saturated heterocycles. The van der Waals surface area contributed by atoms with Gasteiger partial charge in [-0.15, -0.1) is 0 Å². The van der Waals surface area contributed by atoms with Crippen molar-refractivity contribution < 1.29 is 9.18 Å². The van der Waals surface area contributed by atoms with Gasteiger partial charge in [-0.05, 0) is 47.7 Å². The number of hydrogen-bond donors (Lipinski definition) is 1. The summed E-state index contributed by atoms with van der Waals surface area (Å²) in [5, 5.41) is 6.89. The van der Waals surface area contributed by atoms with Crippen molar-refractivity contribution in [2.75, 3.05) is 5.32 Å². The molecule has 0 spiro atoms. The SMILES string of the molecule is Cc1nn(C)cc1NC(=O)c1ccc(F)cc1I. The molecule has 0 saturated carbocycles. The molecule has 0 unspecified atom stereocenters. The number of nitrogens with zero attached hydrogens (tertiary/aromatic N) is 2. The zero-order chi connectivity index (χ0) is 13.3. The molecule has 0 fully saturated rings. The smallest absolute Gasteiger partial charge is 0.256 e. The molecule has 2 rings (SSSR count). The Morgan fingerprint density at radius 1 is 1.50 bits per heavy atom. The van der Waals surface area contributed by atoms with E-state index in [1.165, 1.54) is 18.2 Å². The Labute approximate surface area is 117 Å². The highest BCUT2D eigenvalue weighted by atomic mass is 127. The highest BCUT2D eigenvalue weighted by Crippen LogP contribution is 2.17. The number of anilines is 1. The molecule has 1 aromatic carbocycles. The molecule has 2 aromatic rings. The fourth-order valence-corrected chi connectivity index (χ4v) is 2.31. The van der Waals surface area contributed by atoms with Gasteiger partial charge < -0.3 is 5.32 Å². The van der Waals surface area contributed by atoms with Gasteiger partial charge in [-0.2, -0.15) is 5.10 Å². The number of halogens is 2. The van der Waals surface area contributed by atoms with E-state index < -0.39 is 0 Å². The normalized spacial score (nSPS) is 10.4. The van der Waals surface area contributed by atoms with Crippen molar-refractivity contribution in [1.82, 2.24) is 9.78 Å². The molecule has 18 heavy (non-hydrogen) atoms. The van der Waals surface area contributed by atoms with Crippen LogP contribution in [0.1, 0.15) is 16.1 Å². The molecule has 0 aliphatic rings. The van der Waals surface area contributed by atoms with E-state index in [4.69, 9.17) is 0 Å². The number of nitrogens with one attached hydrogen (secondary N) is 1. The standard InChI is InChI=1S/C12H11FIN3O/c1-7-11(6-17(2)16-7)15-12(18)9-4-3-8(13)5-10(9)14/h3-6H,1-2H3,(H,15,18). The molecular formula is C12H11FIN3O. The number of carbonyl (C=O) groups excluding carboxylic acids is 1. The number of benzene rings is 1. The zero-order valence-electron chi connectivity index (χ0n) is 9.87. The molecule has 0 radical (unpaired) electrons. The Hall–Kier alpha value is -1.44. The van der Waals surface area contributed by atoms with Crippen molar-refractivity contribution in [3.05, 3.63) is 45.0 Å². The lowest BCUT2D eigenvalue weighted by Crippen LogP contribution is -2.13. The summed E-state index contributed by atoms with van der Waals surface area (Å²) in [5.74, 6) is -0.621. The minimum Gasteiger partial charge on any atom is -0.319 e. The van der Waals surface area contributed by atoms with E-state index in [1.807, 2.05) is 29.5 Å². The van der Waals surface area contributed by atoms with E-state index in [2.05, 4.69) is 10.4 Å².